The second kappa shape index (κ2) is 4.85. The van der Waals surface area contributed by atoms with Gasteiger partial charge in [0.05, 0.1) is 12.3 Å². The zero-order valence-electron chi connectivity index (χ0n) is 9.11. The van der Waals surface area contributed by atoms with Crippen LogP contribution in [-0.2, 0) is 13.0 Å². The first-order valence-electron chi connectivity index (χ1n) is 5.26. The largest absolute Gasteiger partial charge is 0.388 e. The number of aromatic nitrogens is 4. The van der Waals surface area contributed by atoms with Gasteiger partial charge in [0.25, 0.3) is 0 Å². The molecule has 0 aromatic carbocycles. The van der Waals surface area contributed by atoms with Crippen LogP contribution in [0.5, 0.6) is 0 Å². The smallest absolute Gasteiger partial charge is 0.111 e. The van der Waals surface area contributed by atoms with Crippen LogP contribution in [0.3, 0.4) is 0 Å². The molecule has 1 unspecified atom stereocenters. The van der Waals surface area contributed by atoms with E-state index in [-0.39, 0.29) is 0 Å². The fourth-order valence-electron chi connectivity index (χ4n) is 1.61. The van der Waals surface area contributed by atoms with Crippen molar-refractivity contribution < 1.29 is 5.11 Å². The summed E-state index contributed by atoms with van der Waals surface area (Å²) in [7, 11) is 0. The highest BCUT2D eigenvalue weighted by Crippen LogP contribution is 2.15. The minimum atomic E-state index is -0.580. The number of hydrogen-bond acceptors (Lipinski definition) is 4. The van der Waals surface area contributed by atoms with Crippen molar-refractivity contribution in [3.8, 4) is 0 Å². The maximum Gasteiger partial charge on any atom is 0.111 e. The topological polar surface area (TPSA) is 63.8 Å². The molecule has 2 rings (SSSR count). The van der Waals surface area contributed by atoms with Crippen molar-refractivity contribution in [3.63, 3.8) is 0 Å². The maximum atomic E-state index is 9.99. The average molecular weight is 218 g/mol. The summed E-state index contributed by atoms with van der Waals surface area (Å²) in [6.07, 6.45) is 6.72. The van der Waals surface area contributed by atoms with Gasteiger partial charge in [0.2, 0.25) is 0 Å². The second-order valence-electron chi connectivity index (χ2n) is 3.53. The Labute approximate surface area is 93.8 Å². The highest BCUT2D eigenvalue weighted by molar-refractivity contribution is 5.11. The molecule has 0 bridgehead atoms. The van der Waals surface area contributed by atoms with Crippen LogP contribution in [0.25, 0.3) is 0 Å². The molecule has 2 aromatic rings. The molecule has 0 aliphatic rings. The fourth-order valence-corrected chi connectivity index (χ4v) is 1.61. The van der Waals surface area contributed by atoms with Gasteiger partial charge in [-0.25, -0.2) is 4.98 Å². The van der Waals surface area contributed by atoms with Gasteiger partial charge >= 0.3 is 0 Å². The first-order chi connectivity index (χ1) is 7.81. The van der Waals surface area contributed by atoms with Crippen molar-refractivity contribution in [1.29, 1.82) is 0 Å². The van der Waals surface area contributed by atoms with Crippen molar-refractivity contribution in [3.05, 3.63) is 42.2 Å². The number of rotatable bonds is 4. The SMILES string of the molecule is CCn1ccnc1CC(O)c1ccnnc1. The highest BCUT2D eigenvalue weighted by Gasteiger charge is 2.11. The quantitative estimate of drug-likeness (QED) is 0.830. The van der Waals surface area contributed by atoms with E-state index in [1.807, 2.05) is 17.7 Å². The molecule has 0 spiro atoms. The molecule has 1 atom stereocenters. The van der Waals surface area contributed by atoms with Crippen molar-refractivity contribution in [2.24, 2.45) is 0 Å². The van der Waals surface area contributed by atoms with Crippen LogP contribution in [0.15, 0.2) is 30.9 Å². The highest BCUT2D eigenvalue weighted by atomic mass is 16.3. The van der Waals surface area contributed by atoms with Crippen molar-refractivity contribution >= 4 is 0 Å². The van der Waals surface area contributed by atoms with Gasteiger partial charge in [0, 0.05) is 37.1 Å². The molecule has 16 heavy (non-hydrogen) atoms. The molecule has 2 aromatic heterocycles. The molecule has 0 radical (unpaired) electrons. The number of imidazole rings is 1. The molecule has 1 N–H and O–H groups in total. The standard InChI is InChI=1S/C11H14N4O/c1-2-15-6-5-12-11(15)7-10(16)9-3-4-13-14-8-9/h3-6,8,10,16H,2,7H2,1H3. The predicted octanol–water partition coefficient (Wildman–Crippen LogP) is 0.969. The van der Waals surface area contributed by atoms with E-state index < -0.39 is 6.10 Å². The molecule has 5 nitrogen and oxygen atoms in total. The van der Waals surface area contributed by atoms with E-state index in [1.54, 1.807) is 24.7 Å². The minimum absolute atomic E-state index is 0.493. The van der Waals surface area contributed by atoms with Crippen molar-refractivity contribution in [1.82, 2.24) is 19.7 Å². The molecule has 0 fully saturated rings. The molecule has 84 valence electrons. The van der Waals surface area contributed by atoms with E-state index in [4.69, 9.17) is 0 Å². The van der Waals surface area contributed by atoms with Gasteiger partial charge < -0.3 is 9.67 Å². The lowest BCUT2D eigenvalue weighted by Gasteiger charge is -2.10. The number of nitrogens with zero attached hydrogens (tertiary/aromatic N) is 4. The molecular weight excluding hydrogens is 204 g/mol. The average Bonchev–Trinajstić information content (AvgIpc) is 2.77. The summed E-state index contributed by atoms with van der Waals surface area (Å²) in [6, 6.07) is 1.76. The lowest BCUT2D eigenvalue weighted by Crippen LogP contribution is -2.08. The summed E-state index contributed by atoms with van der Waals surface area (Å²) in [6.45, 7) is 2.90. The van der Waals surface area contributed by atoms with Gasteiger partial charge in [0.15, 0.2) is 0 Å². The van der Waals surface area contributed by atoms with Crippen molar-refractivity contribution in [2.75, 3.05) is 0 Å². The lowest BCUT2D eigenvalue weighted by atomic mass is 10.1. The maximum absolute atomic E-state index is 9.99. The summed E-state index contributed by atoms with van der Waals surface area (Å²) in [5, 5.41) is 17.4. The summed E-state index contributed by atoms with van der Waals surface area (Å²) >= 11 is 0. The van der Waals surface area contributed by atoms with Crippen molar-refractivity contribution in [2.45, 2.75) is 26.0 Å². The molecular formula is C11H14N4O. The van der Waals surface area contributed by atoms with Gasteiger partial charge in [-0.1, -0.05) is 0 Å². The third-order valence-corrected chi connectivity index (χ3v) is 2.51. The van der Waals surface area contributed by atoms with E-state index >= 15 is 0 Å². The third kappa shape index (κ3) is 2.25. The Kier molecular flexibility index (Phi) is 3.26. The van der Waals surface area contributed by atoms with Crippen LogP contribution in [0.4, 0.5) is 0 Å². The summed E-state index contributed by atoms with van der Waals surface area (Å²) < 4.78 is 2.01. The molecule has 0 saturated carbocycles. The van der Waals surface area contributed by atoms with Crippen LogP contribution >= 0.6 is 0 Å². The van der Waals surface area contributed by atoms with E-state index in [2.05, 4.69) is 15.2 Å². The minimum Gasteiger partial charge on any atom is -0.388 e. The Balaban J connectivity index is 2.11. The van der Waals surface area contributed by atoms with E-state index in [1.165, 1.54) is 0 Å². The number of aliphatic hydroxyl groups is 1. The first-order valence-corrected chi connectivity index (χ1v) is 5.26. The van der Waals surface area contributed by atoms with Gasteiger partial charge in [-0.05, 0) is 13.0 Å². The molecule has 0 saturated heterocycles. The Morgan fingerprint density at radius 1 is 1.38 bits per heavy atom. The monoisotopic (exact) mass is 218 g/mol. The van der Waals surface area contributed by atoms with Gasteiger partial charge in [-0.2, -0.15) is 10.2 Å². The summed E-state index contributed by atoms with van der Waals surface area (Å²) in [5.74, 6) is 0.881. The first kappa shape index (κ1) is 10.8. The van der Waals surface area contributed by atoms with Gasteiger partial charge in [-0.15, -0.1) is 0 Å². The van der Waals surface area contributed by atoms with E-state index in [0.717, 1.165) is 17.9 Å². The number of aryl methyl sites for hydroxylation is 1. The number of hydrogen-bond donors (Lipinski definition) is 1. The van der Waals surface area contributed by atoms with Crippen LogP contribution in [0, 0.1) is 0 Å². The third-order valence-electron chi connectivity index (χ3n) is 2.51. The van der Waals surface area contributed by atoms with Gasteiger partial charge in [-0.3, -0.25) is 0 Å². The zero-order valence-corrected chi connectivity index (χ0v) is 9.11. The van der Waals surface area contributed by atoms with Crippen LogP contribution in [0.1, 0.15) is 24.4 Å². The van der Waals surface area contributed by atoms with Crippen LogP contribution in [-0.4, -0.2) is 24.9 Å². The van der Waals surface area contributed by atoms with E-state index in [0.29, 0.717) is 6.42 Å². The Morgan fingerprint density at radius 2 is 2.25 bits per heavy atom. The molecule has 5 heteroatoms. The second-order valence-corrected chi connectivity index (χ2v) is 3.53. The molecule has 0 amide bonds. The van der Waals surface area contributed by atoms with E-state index in [9.17, 15) is 5.11 Å². The fraction of sp³-hybridized carbons (Fsp3) is 0.364. The summed E-state index contributed by atoms with van der Waals surface area (Å²) in [5.41, 5.74) is 0.764. The Morgan fingerprint density at radius 3 is 2.94 bits per heavy atom. The Bertz CT molecular complexity index is 440. The predicted molar refractivity (Wildman–Crippen MR) is 58.6 cm³/mol. The normalized spacial score (nSPS) is 12.6. The lowest BCUT2D eigenvalue weighted by molar-refractivity contribution is 0.174. The number of aliphatic hydroxyl groups excluding tert-OH is 1. The molecule has 0 aliphatic heterocycles. The Hall–Kier alpha value is -1.75. The molecule has 0 aliphatic carbocycles. The van der Waals surface area contributed by atoms with Gasteiger partial charge in [0.1, 0.15) is 5.82 Å². The van der Waals surface area contributed by atoms with Crippen LogP contribution in [0.2, 0.25) is 0 Å². The van der Waals surface area contributed by atoms with Crippen LogP contribution < -0.4 is 0 Å². The molecule has 2 heterocycles. The summed E-state index contributed by atoms with van der Waals surface area (Å²) in [4.78, 5) is 4.22. The zero-order chi connectivity index (χ0) is 11.4.